The fourth-order valence-corrected chi connectivity index (χ4v) is 2.33. The number of fused-ring (bicyclic) bond motifs is 1. The second-order valence-electron chi connectivity index (χ2n) is 4.74. The Hall–Kier alpha value is -0.690. The Morgan fingerprint density at radius 3 is 2.41 bits per heavy atom. The summed E-state index contributed by atoms with van der Waals surface area (Å²) >= 11 is 0. The van der Waals surface area contributed by atoms with Gasteiger partial charge in [-0.25, -0.2) is 0 Å². The van der Waals surface area contributed by atoms with Crippen LogP contribution in [-0.2, 0) is 23.7 Å². The van der Waals surface area contributed by atoms with Gasteiger partial charge in [-0.15, -0.1) is 0 Å². The minimum absolute atomic E-state index is 0.105. The molecule has 17 heavy (non-hydrogen) atoms. The van der Waals surface area contributed by atoms with Crippen molar-refractivity contribution in [3.63, 3.8) is 0 Å². The van der Waals surface area contributed by atoms with E-state index in [-0.39, 0.29) is 31.2 Å². The summed E-state index contributed by atoms with van der Waals surface area (Å²) in [6.45, 7) is 3.45. The highest BCUT2D eigenvalue weighted by Gasteiger charge is 2.55. The van der Waals surface area contributed by atoms with E-state index in [1.165, 1.54) is 7.11 Å². The van der Waals surface area contributed by atoms with E-state index in [2.05, 4.69) is 4.74 Å². The molecule has 6 heteroatoms. The second-order valence-corrected chi connectivity index (χ2v) is 4.74. The van der Waals surface area contributed by atoms with Crippen LogP contribution in [0.2, 0.25) is 0 Å². The zero-order valence-corrected chi connectivity index (χ0v) is 10.2. The minimum Gasteiger partial charge on any atom is -0.469 e. The molecule has 0 spiro atoms. The lowest BCUT2D eigenvalue weighted by Crippen LogP contribution is -2.32. The molecule has 2 aliphatic rings. The number of aliphatic hydroxyl groups excluding tert-OH is 1. The largest absolute Gasteiger partial charge is 0.469 e. The average Bonchev–Trinajstić information content (AvgIpc) is 2.73. The molecule has 2 rings (SSSR count). The molecule has 2 saturated heterocycles. The van der Waals surface area contributed by atoms with Gasteiger partial charge >= 0.3 is 5.97 Å². The monoisotopic (exact) mass is 246 g/mol. The standard InChI is InChI=1S/C11H18O6/c1-11(2)16-9-6(4-8(13)14-3)15-7(5-12)10(9)17-11/h6-7,9-10,12H,4-5H2,1-3H3. The fourth-order valence-electron chi connectivity index (χ4n) is 2.33. The summed E-state index contributed by atoms with van der Waals surface area (Å²) in [5.41, 5.74) is 0. The maximum absolute atomic E-state index is 11.3. The lowest BCUT2D eigenvalue weighted by Gasteiger charge is -2.23. The van der Waals surface area contributed by atoms with Crippen LogP contribution in [-0.4, -0.2) is 55.0 Å². The molecule has 0 saturated carbocycles. The third kappa shape index (κ3) is 2.44. The molecule has 4 unspecified atom stereocenters. The molecule has 4 atom stereocenters. The molecule has 0 bridgehead atoms. The average molecular weight is 246 g/mol. The number of carbonyl (C=O) groups excluding carboxylic acids is 1. The number of rotatable bonds is 3. The summed E-state index contributed by atoms with van der Waals surface area (Å²) in [6.07, 6.45) is -1.43. The van der Waals surface area contributed by atoms with Gasteiger partial charge in [0.1, 0.15) is 18.3 Å². The Kier molecular flexibility index (Phi) is 3.40. The molecule has 6 nitrogen and oxygen atoms in total. The summed E-state index contributed by atoms with van der Waals surface area (Å²) < 4.78 is 21.5. The van der Waals surface area contributed by atoms with Crippen LogP contribution in [0.4, 0.5) is 0 Å². The first-order valence-corrected chi connectivity index (χ1v) is 5.65. The normalized spacial score (nSPS) is 39.1. The van der Waals surface area contributed by atoms with Crippen molar-refractivity contribution < 1.29 is 28.8 Å². The van der Waals surface area contributed by atoms with Gasteiger partial charge in [0.2, 0.25) is 0 Å². The van der Waals surface area contributed by atoms with Crippen molar-refractivity contribution in [2.24, 2.45) is 0 Å². The fraction of sp³-hybridized carbons (Fsp3) is 0.909. The maximum Gasteiger partial charge on any atom is 0.308 e. The number of esters is 1. The van der Waals surface area contributed by atoms with Gasteiger partial charge in [-0.2, -0.15) is 0 Å². The van der Waals surface area contributed by atoms with Gasteiger partial charge in [-0.1, -0.05) is 0 Å². The lowest BCUT2D eigenvalue weighted by molar-refractivity contribution is -0.192. The van der Waals surface area contributed by atoms with E-state index < -0.39 is 18.0 Å². The quantitative estimate of drug-likeness (QED) is 0.697. The van der Waals surface area contributed by atoms with Gasteiger partial charge in [0, 0.05) is 0 Å². The molecule has 2 fully saturated rings. The number of ether oxygens (including phenoxy) is 4. The molecule has 0 radical (unpaired) electrons. The van der Waals surface area contributed by atoms with Gasteiger partial charge in [-0.05, 0) is 13.8 Å². The van der Waals surface area contributed by atoms with Crippen LogP contribution in [0.3, 0.4) is 0 Å². The third-order valence-electron chi connectivity index (χ3n) is 3.02. The molecule has 0 amide bonds. The zero-order valence-electron chi connectivity index (χ0n) is 10.2. The van der Waals surface area contributed by atoms with Crippen LogP contribution in [0.5, 0.6) is 0 Å². The van der Waals surface area contributed by atoms with Crippen LogP contribution in [0.25, 0.3) is 0 Å². The van der Waals surface area contributed by atoms with E-state index in [9.17, 15) is 9.90 Å². The topological polar surface area (TPSA) is 74.2 Å². The van der Waals surface area contributed by atoms with Crippen LogP contribution in [0.15, 0.2) is 0 Å². The van der Waals surface area contributed by atoms with Crippen molar-refractivity contribution in [2.45, 2.75) is 50.5 Å². The van der Waals surface area contributed by atoms with E-state index in [1.54, 1.807) is 13.8 Å². The summed E-state index contributed by atoms with van der Waals surface area (Å²) in [5, 5.41) is 9.22. The minimum atomic E-state index is -0.707. The van der Waals surface area contributed by atoms with Crippen LogP contribution >= 0.6 is 0 Å². The molecular formula is C11H18O6. The van der Waals surface area contributed by atoms with E-state index in [4.69, 9.17) is 14.2 Å². The molecule has 2 aliphatic heterocycles. The number of aliphatic hydroxyl groups is 1. The van der Waals surface area contributed by atoms with E-state index >= 15 is 0 Å². The zero-order chi connectivity index (χ0) is 12.6. The smallest absolute Gasteiger partial charge is 0.308 e. The molecule has 0 aromatic heterocycles. The van der Waals surface area contributed by atoms with Gasteiger partial charge in [-0.3, -0.25) is 4.79 Å². The van der Waals surface area contributed by atoms with E-state index in [1.807, 2.05) is 0 Å². The third-order valence-corrected chi connectivity index (χ3v) is 3.02. The lowest BCUT2D eigenvalue weighted by atomic mass is 10.1. The maximum atomic E-state index is 11.3. The van der Waals surface area contributed by atoms with Gasteiger partial charge in [0.15, 0.2) is 5.79 Å². The molecule has 1 N–H and O–H groups in total. The predicted molar refractivity (Wildman–Crippen MR) is 56.2 cm³/mol. The Morgan fingerprint density at radius 2 is 1.88 bits per heavy atom. The molecule has 2 heterocycles. The van der Waals surface area contributed by atoms with Crippen molar-refractivity contribution in [1.82, 2.24) is 0 Å². The summed E-state index contributed by atoms with van der Waals surface area (Å²) in [6, 6.07) is 0. The summed E-state index contributed by atoms with van der Waals surface area (Å²) in [4.78, 5) is 11.3. The number of hydrogen-bond acceptors (Lipinski definition) is 6. The molecule has 0 aromatic rings. The Balaban J connectivity index is 2.07. The van der Waals surface area contributed by atoms with Crippen LogP contribution in [0, 0.1) is 0 Å². The molecule has 0 aromatic carbocycles. The first kappa shape index (κ1) is 12.8. The number of hydrogen-bond donors (Lipinski definition) is 1. The van der Waals surface area contributed by atoms with Crippen molar-refractivity contribution in [2.75, 3.05) is 13.7 Å². The van der Waals surface area contributed by atoms with E-state index in [0.29, 0.717) is 0 Å². The SMILES string of the molecule is COC(=O)CC1OC(CO)C2OC(C)(C)OC12. The van der Waals surface area contributed by atoms with Crippen LogP contribution < -0.4 is 0 Å². The Morgan fingerprint density at radius 1 is 1.29 bits per heavy atom. The highest BCUT2D eigenvalue weighted by molar-refractivity contribution is 5.70. The molecule has 98 valence electrons. The first-order chi connectivity index (χ1) is 7.96. The summed E-state index contributed by atoms with van der Waals surface area (Å²) in [7, 11) is 1.33. The van der Waals surface area contributed by atoms with Gasteiger partial charge < -0.3 is 24.1 Å². The second kappa shape index (κ2) is 4.53. The number of methoxy groups -OCH3 is 1. The molecule has 0 aliphatic carbocycles. The van der Waals surface area contributed by atoms with Crippen molar-refractivity contribution in [3.8, 4) is 0 Å². The highest BCUT2D eigenvalue weighted by Crippen LogP contribution is 2.39. The van der Waals surface area contributed by atoms with Crippen LogP contribution in [0.1, 0.15) is 20.3 Å². The predicted octanol–water partition coefficient (Wildman–Crippen LogP) is -0.171. The van der Waals surface area contributed by atoms with Crippen molar-refractivity contribution in [3.05, 3.63) is 0 Å². The summed E-state index contributed by atoms with van der Waals surface area (Å²) in [5.74, 6) is -1.07. The van der Waals surface area contributed by atoms with Crippen molar-refractivity contribution >= 4 is 5.97 Å². The highest BCUT2D eigenvalue weighted by atomic mass is 16.8. The Labute approximate surface area is 99.8 Å². The van der Waals surface area contributed by atoms with E-state index in [0.717, 1.165) is 0 Å². The van der Waals surface area contributed by atoms with Crippen molar-refractivity contribution in [1.29, 1.82) is 0 Å². The number of carbonyl (C=O) groups is 1. The van der Waals surface area contributed by atoms with Gasteiger partial charge in [0.05, 0.1) is 26.2 Å². The Bertz CT molecular complexity index is 302. The molecular weight excluding hydrogens is 228 g/mol. The van der Waals surface area contributed by atoms with Gasteiger partial charge in [0.25, 0.3) is 0 Å². The first-order valence-electron chi connectivity index (χ1n) is 5.65.